The molecule has 0 saturated heterocycles. The first-order valence-electron chi connectivity index (χ1n) is 1.65. The van der Waals surface area contributed by atoms with Crippen LogP contribution in [0.2, 0.25) is 0 Å². The maximum atomic E-state index is 8.41. The molecule has 6 heavy (non-hydrogen) atoms. The molecule has 0 saturated carbocycles. The van der Waals surface area contributed by atoms with E-state index >= 15 is 0 Å². The molecule has 1 radical (unpaired) electrons. The average Bonchev–Trinajstić information content (AvgIpc) is 1.86. The van der Waals surface area contributed by atoms with Crippen molar-refractivity contribution in [2.75, 3.05) is 0 Å². The zero-order valence-corrected chi connectivity index (χ0v) is 3.13. The summed E-state index contributed by atoms with van der Waals surface area (Å²) in [7, 11) is 0. The molecule has 1 rings (SSSR count). The summed E-state index contributed by atoms with van der Waals surface area (Å²) in [4.78, 5) is 0. The topological polar surface area (TPSA) is 34.3 Å². The first kappa shape index (κ1) is 3.28. The largest absolute Gasteiger partial charge is 0.506 e. The van der Waals surface area contributed by atoms with Gasteiger partial charge in [0.25, 0.3) is 0 Å². The molecule has 0 spiro atoms. The Kier molecular flexibility index (Phi) is 0.572. The van der Waals surface area contributed by atoms with Gasteiger partial charge in [0.15, 0.2) is 0 Å². The van der Waals surface area contributed by atoms with Crippen molar-refractivity contribution < 1.29 is 5.11 Å². The van der Waals surface area contributed by atoms with E-state index in [0.717, 1.165) is 0 Å². The monoisotopic (exact) mass is 82.0 g/mol. The molecule has 0 aliphatic carbocycles. The maximum Gasteiger partial charge on any atom is 0.135 e. The second-order valence-electron chi connectivity index (χ2n) is 1.02. The molecular formula is C4H4NO. The molecular weight excluding hydrogens is 78.0 g/mol. The van der Waals surface area contributed by atoms with E-state index < -0.39 is 0 Å². The zero-order valence-electron chi connectivity index (χ0n) is 3.13. The number of nitrogens with zero attached hydrogens (tertiary/aromatic N) is 1. The van der Waals surface area contributed by atoms with Crippen LogP contribution >= 0.6 is 0 Å². The van der Waals surface area contributed by atoms with Crippen molar-refractivity contribution in [2.24, 2.45) is 0 Å². The number of hydrogen-bond donors (Lipinski definition) is 1. The molecule has 0 fully saturated rings. The van der Waals surface area contributed by atoms with Crippen LogP contribution in [0.4, 0.5) is 0 Å². The standard InChI is InChI=1S/C4H4NO/c6-4-1-2-5-3-4/h1-3,6H. The number of aliphatic hydroxyl groups excluding tert-OH is 1. The number of allylic oxidation sites excluding steroid dienone is 1. The Morgan fingerprint density at radius 1 is 1.67 bits per heavy atom. The summed E-state index contributed by atoms with van der Waals surface area (Å²) in [6.45, 7) is 0. The molecule has 0 aromatic heterocycles. The van der Waals surface area contributed by atoms with Gasteiger partial charge in [0.1, 0.15) is 5.76 Å². The molecule has 1 aliphatic rings. The summed E-state index contributed by atoms with van der Waals surface area (Å²) >= 11 is 0. The van der Waals surface area contributed by atoms with Gasteiger partial charge in [-0.1, -0.05) is 0 Å². The minimum absolute atomic E-state index is 0.231. The van der Waals surface area contributed by atoms with E-state index in [1.807, 2.05) is 0 Å². The molecule has 1 aliphatic heterocycles. The quantitative estimate of drug-likeness (QED) is 0.454. The minimum Gasteiger partial charge on any atom is -0.506 e. The molecule has 0 unspecified atom stereocenters. The predicted octanol–water partition coefficient (Wildman–Crippen LogP) is 0.517. The highest BCUT2D eigenvalue weighted by atomic mass is 16.3. The highest BCUT2D eigenvalue weighted by Crippen LogP contribution is 1.93. The van der Waals surface area contributed by atoms with E-state index in [1.54, 1.807) is 0 Å². The van der Waals surface area contributed by atoms with E-state index in [-0.39, 0.29) is 5.76 Å². The molecule has 0 bridgehead atoms. The van der Waals surface area contributed by atoms with Gasteiger partial charge in [-0.25, -0.2) is 0 Å². The Hall–Kier alpha value is -0.920. The van der Waals surface area contributed by atoms with Gasteiger partial charge in [0.2, 0.25) is 0 Å². The van der Waals surface area contributed by atoms with Gasteiger partial charge in [0.05, 0.1) is 6.20 Å². The van der Waals surface area contributed by atoms with Crippen LogP contribution in [0.1, 0.15) is 0 Å². The van der Waals surface area contributed by atoms with E-state index in [4.69, 9.17) is 5.11 Å². The normalized spacial score (nSPS) is 17.0. The summed E-state index contributed by atoms with van der Waals surface area (Å²) in [6.07, 6.45) is 4.45. The number of hydrogen-bond acceptors (Lipinski definition) is 1. The Labute approximate surface area is 35.8 Å². The lowest BCUT2D eigenvalue weighted by Gasteiger charge is -1.72. The lowest BCUT2D eigenvalue weighted by atomic mass is 10.6. The fourth-order valence-corrected chi connectivity index (χ4v) is 0.282. The van der Waals surface area contributed by atoms with Crippen molar-refractivity contribution in [3.8, 4) is 0 Å². The first-order valence-corrected chi connectivity index (χ1v) is 1.65. The maximum absolute atomic E-state index is 8.41. The first-order chi connectivity index (χ1) is 2.89. The van der Waals surface area contributed by atoms with E-state index in [9.17, 15) is 0 Å². The van der Waals surface area contributed by atoms with Gasteiger partial charge in [-0.05, 0) is 6.08 Å². The molecule has 1 N–H and O–H groups in total. The van der Waals surface area contributed by atoms with Crippen LogP contribution in [0, 0.1) is 0 Å². The summed E-state index contributed by atoms with van der Waals surface area (Å²) in [5.74, 6) is 0.231. The SMILES string of the molecule is OC1=C[N]C=C1. The summed E-state index contributed by atoms with van der Waals surface area (Å²) in [5.41, 5.74) is 0. The third kappa shape index (κ3) is 0.360. The van der Waals surface area contributed by atoms with Gasteiger partial charge in [-0.15, -0.1) is 0 Å². The van der Waals surface area contributed by atoms with Gasteiger partial charge in [0, 0.05) is 6.20 Å². The Morgan fingerprint density at radius 3 is 2.67 bits per heavy atom. The molecule has 0 aromatic rings. The highest BCUT2D eigenvalue weighted by molar-refractivity contribution is 5.15. The van der Waals surface area contributed by atoms with Gasteiger partial charge in [-0.3, -0.25) is 5.32 Å². The molecule has 2 nitrogen and oxygen atoms in total. The lowest BCUT2D eigenvalue weighted by Crippen LogP contribution is -1.71. The van der Waals surface area contributed by atoms with Crippen molar-refractivity contribution in [3.05, 3.63) is 24.2 Å². The van der Waals surface area contributed by atoms with Gasteiger partial charge >= 0.3 is 0 Å². The fraction of sp³-hybridized carbons (Fsp3) is 0. The molecule has 0 atom stereocenters. The second kappa shape index (κ2) is 1.05. The lowest BCUT2D eigenvalue weighted by molar-refractivity contribution is 0.433. The van der Waals surface area contributed by atoms with E-state index in [1.165, 1.54) is 18.5 Å². The summed E-state index contributed by atoms with van der Waals surface area (Å²) < 4.78 is 0. The zero-order chi connectivity index (χ0) is 4.41. The fourth-order valence-electron chi connectivity index (χ4n) is 0.282. The van der Waals surface area contributed by atoms with Crippen LogP contribution in [0.25, 0.3) is 0 Å². The van der Waals surface area contributed by atoms with Gasteiger partial charge in [-0.2, -0.15) is 0 Å². The van der Waals surface area contributed by atoms with E-state index in [0.29, 0.717) is 0 Å². The summed E-state index contributed by atoms with van der Waals surface area (Å²) in [6, 6.07) is 0. The Morgan fingerprint density at radius 2 is 2.50 bits per heavy atom. The molecule has 0 aromatic carbocycles. The smallest absolute Gasteiger partial charge is 0.135 e. The Balaban J connectivity index is 2.68. The van der Waals surface area contributed by atoms with Gasteiger partial charge < -0.3 is 5.11 Å². The Bertz CT molecular complexity index is 101. The van der Waals surface area contributed by atoms with Crippen LogP contribution in [-0.4, -0.2) is 5.11 Å². The number of aliphatic hydroxyl groups is 1. The van der Waals surface area contributed by atoms with Crippen molar-refractivity contribution in [1.82, 2.24) is 5.32 Å². The van der Waals surface area contributed by atoms with E-state index in [2.05, 4.69) is 5.32 Å². The van der Waals surface area contributed by atoms with Crippen LogP contribution in [0.15, 0.2) is 24.2 Å². The molecule has 1 heterocycles. The second-order valence-corrected chi connectivity index (χ2v) is 1.02. The van der Waals surface area contributed by atoms with Crippen molar-refractivity contribution in [1.29, 1.82) is 0 Å². The van der Waals surface area contributed by atoms with Crippen LogP contribution in [-0.2, 0) is 0 Å². The predicted molar refractivity (Wildman–Crippen MR) is 22.0 cm³/mol. The summed E-state index contributed by atoms with van der Waals surface area (Å²) in [5, 5.41) is 12.0. The average molecular weight is 82.1 g/mol. The number of rotatable bonds is 0. The van der Waals surface area contributed by atoms with Crippen molar-refractivity contribution >= 4 is 0 Å². The third-order valence-electron chi connectivity index (χ3n) is 0.538. The third-order valence-corrected chi connectivity index (χ3v) is 0.538. The highest BCUT2D eigenvalue weighted by Gasteiger charge is 1.88. The van der Waals surface area contributed by atoms with Crippen molar-refractivity contribution in [3.63, 3.8) is 0 Å². The van der Waals surface area contributed by atoms with Crippen LogP contribution in [0.3, 0.4) is 0 Å². The molecule has 31 valence electrons. The van der Waals surface area contributed by atoms with Crippen LogP contribution < -0.4 is 5.32 Å². The molecule has 0 amide bonds. The van der Waals surface area contributed by atoms with Crippen LogP contribution in [0.5, 0.6) is 0 Å². The molecule has 2 heteroatoms. The minimum atomic E-state index is 0.231. The van der Waals surface area contributed by atoms with Crippen molar-refractivity contribution in [2.45, 2.75) is 0 Å².